The Morgan fingerprint density at radius 1 is 1.73 bits per heavy atom. The summed E-state index contributed by atoms with van der Waals surface area (Å²) in [5, 5.41) is 0. The molecule has 0 aromatic carbocycles. The monoisotopic (exact) mass is 152 g/mol. The fraction of sp³-hybridized carbons (Fsp3) is 0.250. The molecule has 0 radical (unpaired) electrons. The van der Waals surface area contributed by atoms with Crippen molar-refractivity contribution < 1.29 is 14.0 Å². The topological polar surface area (TPSA) is 47.3 Å². The van der Waals surface area contributed by atoms with E-state index in [0.717, 1.165) is 0 Å². The van der Waals surface area contributed by atoms with Crippen LogP contribution in [0.15, 0.2) is 16.7 Å². The molecule has 1 aromatic rings. The van der Waals surface area contributed by atoms with Crippen molar-refractivity contribution >= 4 is 12.1 Å². The number of carbonyl (C=O) groups excluding carboxylic acids is 2. The van der Waals surface area contributed by atoms with Gasteiger partial charge in [-0.15, -0.1) is 0 Å². The summed E-state index contributed by atoms with van der Waals surface area (Å²) in [7, 11) is 0. The fourth-order valence-electron chi connectivity index (χ4n) is 0.799. The Hall–Kier alpha value is -1.38. The maximum atomic E-state index is 11.0. The van der Waals surface area contributed by atoms with E-state index in [0.29, 0.717) is 18.3 Å². The maximum absolute atomic E-state index is 11.0. The molecule has 0 bridgehead atoms. The average Bonchev–Trinajstić information content (AvgIpc) is 2.50. The fourth-order valence-corrected chi connectivity index (χ4v) is 0.799. The second-order valence-electron chi connectivity index (χ2n) is 2.10. The molecule has 0 aliphatic rings. The highest BCUT2D eigenvalue weighted by atomic mass is 16.3. The van der Waals surface area contributed by atoms with Gasteiger partial charge in [0.1, 0.15) is 0 Å². The van der Waals surface area contributed by atoms with Gasteiger partial charge in [-0.2, -0.15) is 0 Å². The molecule has 0 atom stereocenters. The summed E-state index contributed by atoms with van der Waals surface area (Å²) in [6.45, 7) is 1.72. The number of hydrogen-bond acceptors (Lipinski definition) is 3. The number of ketones is 1. The van der Waals surface area contributed by atoms with Crippen LogP contribution in [0, 0.1) is 0 Å². The Morgan fingerprint density at radius 2 is 2.45 bits per heavy atom. The molecular weight excluding hydrogens is 144 g/mol. The first-order chi connectivity index (χ1) is 5.29. The van der Waals surface area contributed by atoms with Gasteiger partial charge in [0.2, 0.25) is 0 Å². The molecule has 0 aliphatic heterocycles. The van der Waals surface area contributed by atoms with E-state index in [9.17, 15) is 9.59 Å². The number of aldehydes is 1. The SMILES string of the molecule is CCC(=O)c1occc1C=O. The van der Waals surface area contributed by atoms with E-state index in [1.54, 1.807) is 6.92 Å². The van der Waals surface area contributed by atoms with Gasteiger partial charge in [-0.1, -0.05) is 6.92 Å². The third-order valence-corrected chi connectivity index (χ3v) is 1.40. The lowest BCUT2D eigenvalue weighted by Crippen LogP contribution is -1.97. The van der Waals surface area contributed by atoms with Crippen molar-refractivity contribution in [2.24, 2.45) is 0 Å². The van der Waals surface area contributed by atoms with Crippen molar-refractivity contribution in [2.45, 2.75) is 13.3 Å². The molecule has 0 saturated heterocycles. The highest BCUT2D eigenvalue weighted by molar-refractivity contribution is 6.00. The van der Waals surface area contributed by atoms with E-state index < -0.39 is 0 Å². The molecule has 0 spiro atoms. The quantitative estimate of drug-likeness (QED) is 0.489. The van der Waals surface area contributed by atoms with E-state index in [4.69, 9.17) is 4.42 Å². The van der Waals surface area contributed by atoms with Crippen LogP contribution in [0.5, 0.6) is 0 Å². The van der Waals surface area contributed by atoms with Gasteiger partial charge in [0, 0.05) is 6.42 Å². The minimum Gasteiger partial charge on any atom is -0.460 e. The van der Waals surface area contributed by atoms with Crippen molar-refractivity contribution in [3.63, 3.8) is 0 Å². The lowest BCUT2D eigenvalue weighted by Gasteiger charge is -1.90. The molecule has 0 amide bonds. The standard InChI is InChI=1S/C8H8O3/c1-2-7(10)8-6(5-9)3-4-11-8/h3-5H,2H2,1H3. The van der Waals surface area contributed by atoms with E-state index >= 15 is 0 Å². The van der Waals surface area contributed by atoms with Crippen molar-refractivity contribution in [1.29, 1.82) is 0 Å². The molecule has 0 aliphatic carbocycles. The van der Waals surface area contributed by atoms with Crippen LogP contribution in [0.2, 0.25) is 0 Å². The molecule has 3 nitrogen and oxygen atoms in total. The largest absolute Gasteiger partial charge is 0.460 e. The zero-order chi connectivity index (χ0) is 8.27. The summed E-state index contributed by atoms with van der Waals surface area (Å²) in [5.74, 6) is 0.0274. The molecule has 3 heteroatoms. The molecule has 58 valence electrons. The molecule has 1 heterocycles. The Balaban J connectivity index is 3.01. The van der Waals surface area contributed by atoms with Gasteiger partial charge < -0.3 is 4.42 Å². The third kappa shape index (κ3) is 1.37. The summed E-state index contributed by atoms with van der Waals surface area (Å²) in [5.41, 5.74) is 0.330. The van der Waals surface area contributed by atoms with Crippen molar-refractivity contribution in [1.82, 2.24) is 0 Å². The van der Waals surface area contributed by atoms with Crippen LogP contribution in [0.3, 0.4) is 0 Å². The zero-order valence-electron chi connectivity index (χ0n) is 6.16. The van der Waals surface area contributed by atoms with Crippen LogP contribution in [0.4, 0.5) is 0 Å². The second kappa shape index (κ2) is 3.14. The van der Waals surface area contributed by atoms with E-state index in [2.05, 4.69) is 0 Å². The van der Waals surface area contributed by atoms with Crippen LogP contribution in [0.1, 0.15) is 34.3 Å². The van der Waals surface area contributed by atoms with Gasteiger partial charge in [0.15, 0.2) is 17.8 Å². The first kappa shape index (κ1) is 7.72. The lowest BCUT2D eigenvalue weighted by atomic mass is 10.2. The minimum absolute atomic E-state index is 0.142. The molecule has 0 N–H and O–H groups in total. The van der Waals surface area contributed by atoms with Crippen LogP contribution < -0.4 is 0 Å². The molecule has 0 fully saturated rings. The van der Waals surface area contributed by atoms with Gasteiger partial charge in [0.25, 0.3) is 0 Å². The Labute approximate surface area is 64.0 Å². The molecule has 1 rings (SSSR count). The number of rotatable bonds is 3. The van der Waals surface area contributed by atoms with Gasteiger partial charge in [0.05, 0.1) is 11.8 Å². The number of hydrogen-bond donors (Lipinski definition) is 0. The van der Waals surface area contributed by atoms with Crippen LogP contribution in [0.25, 0.3) is 0 Å². The number of carbonyl (C=O) groups is 2. The first-order valence-electron chi connectivity index (χ1n) is 3.35. The summed E-state index contributed by atoms with van der Waals surface area (Å²) >= 11 is 0. The Bertz CT molecular complexity index is 273. The summed E-state index contributed by atoms with van der Waals surface area (Å²) < 4.78 is 4.83. The molecule has 1 aromatic heterocycles. The maximum Gasteiger partial charge on any atom is 0.198 e. The van der Waals surface area contributed by atoms with Gasteiger partial charge in [-0.25, -0.2) is 0 Å². The minimum atomic E-state index is -0.142. The highest BCUT2D eigenvalue weighted by Gasteiger charge is 2.11. The third-order valence-electron chi connectivity index (χ3n) is 1.40. The predicted molar refractivity (Wildman–Crippen MR) is 38.7 cm³/mol. The van der Waals surface area contributed by atoms with Crippen molar-refractivity contribution in [3.8, 4) is 0 Å². The normalized spacial score (nSPS) is 9.55. The van der Waals surface area contributed by atoms with E-state index in [1.807, 2.05) is 0 Å². The average molecular weight is 152 g/mol. The summed E-state index contributed by atoms with van der Waals surface area (Å²) in [6.07, 6.45) is 2.31. The zero-order valence-corrected chi connectivity index (χ0v) is 6.16. The highest BCUT2D eigenvalue weighted by Crippen LogP contribution is 2.09. The van der Waals surface area contributed by atoms with Crippen molar-refractivity contribution in [2.75, 3.05) is 0 Å². The molecular formula is C8H8O3. The smallest absolute Gasteiger partial charge is 0.198 e. The molecule has 11 heavy (non-hydrogen) atoms. The van der Waals surface area contributed by atoms with Crippen LogP contribution in [-0.4, -0.2) is 12.1 Å². The Morgan fingerprint density at radius 3 is 3.00 bits per heavy atom. The van der Waals surface area contributed by atoms with E-state index in [-0.39, 0.29) is 11.5 Å². The van der Waals surface area contributed by atoms with Gasteiger partial charge in [-0.3, -0.25) is 9.59 Å². The second-order valence-corrected chi connectivity index (χ2v) is 2.10. The van der Waals surface area contributed by atoms with Gasteiger partial charge in [-0.05, 0) is 6.07 Å². The number of furan rings is 1. The molecule has 0 saturated carbocycles. The Kier molecular flexibility index (Phi) is 2.21. The van der Waals surface area contributed by atoms with Crippen LogP contribution >= 0.6 is 0 Å². The predicted octanol–water partition coefficient (Wildman–Crippen LogP) is 1.68. The lowest BCUT2D eigenvalue weighted by molar-refractivity contribution is 0.0954. The first-order valence-corrected chi connectivity index (χ1v) is 3.35. The molecule has 0 unspecified atom stereocenters. The van der Waals surface area contributed by atoms with Crippen LogP contribution in [-0.2, 0) is 0 Å². The van der Waals surface area contributed by atoms with Gasteiger partial charge >= 0.3 is 0 Å². The number of Topliss-reactive ketones (excluding diaryl/α,β-unsaturated/α-hetero) is 1. The van der Waals surface area contributed by atoms with Crippen molar-refractivity contribution in [3.05, 3.63) is 23.7 Å². The van der Waals surface area contributed by atoms with E-state index in [1.165, 1.54) is 12.3 Å². The summed E-state index contributed by atoms with van der Waals surface area (Å²) in [4.78, 5) is 21.3. The summed E-state index contributed by atoms with van der Waals surface area (Å²) in [6, 6.07) is 1.48.